The molecule has 0 aromatic heterocycles. The molecule has 2 bridgehead atoms. The van der Waals surface area contributed by atoms with Gasteiger partial charge in [0.1, 0.15) is 23.6 Å². The van der Waals surface area contributed by atoms with E-state index in [1.165, 1.54) is 0 Å². The Balaban J connectivity index is 1.92. The van der Waals surface area contributed by atoms with Crippen molar-refractivity contribution in [1.29, 1.82) is 0 Å². The molecule has 2 fully saturated rings. The molecule has 7 unspecified atom stereocenters. The topological polar surface area (TPSA) is 140 Å². The minimum absolute atomic E-state index is 0.0883. The minimum Gasteiger partial charge on any atom is -0.462 e. The maximum atomic E-state index is 11.6. The average Bonchev–Trinajstić information content (AvgIpc) is 2.76. The predicted molar refractivity (Wildman–Crippen MR) is 112 cm³/mol. The summed E-state index contributed by atoms with van der Waals surface area (Å²) >= 11 is 0. The van der Waals surface area contributed by atoms with Crippen LogP contribution >= 0.6 is 0 Å². The molecule has 1 aliphatic heterocycles. The van der Waals surface area contributed by atoms with Gasteiger partial charge in [-0.05, 0) is 62.1 Å². The van der Waals surface area contributed by atoms with Gasteiger partial charge >= 0.3 is 0 Å². The fraction of sp³-hybridized carbons (Fsp3) is 0.652. The summed E-state index contributed by atoms with van der Waals surface area (Å²) in [4.78, 5) is 0. The van der Waals surface area contributed by atoms with Gasteiger partial charge in [0.25, 0.3) is 0 Å². The van der Waals surface area contributed by atoms with E-state index in [-0.39, 0.29) is 32.5 Å². The van der Waals surface area contributed by atoms with Gasteiger partial charge in [-0.2, -0.15) is 0 Å². The Morgan fingerprint density at radius 1 is 1.19 bits per heavy atom. The van der Waals surface area contributed by atoms with Crippen molar-refractivity contribution in [3.05, 3.63) is 42.5 Å². The summed E-state index contributed by atoms with van der Waals surface area (Å²) in [6.07, 6.45) is -1.91. The Morgan fingerprint density at radius 3 is 2.52 bits per heavy atom. The zero-order valence-electron chi connectivity index (χ0n) is 17.6. The Bertz CT molecular complexity index is 721. The van der Waals surface area contributed by atoms with E-state index in [4.69, 9.17) is 14.6 Å². The van der Waals surface area contributed by atoms with Gasteiger partial charge < -0.3 is 40.1 Å². The fourth-order valence-corrected chi connectivity index (χ4v) is 4.90. The van der Waals surface area contributed by atoms with Gasteiger partial charge in [0.05, 0.1) is 6.10 Å². The van der Waals surface area contributed by atoms with Crippen LogP contribution < -0.4 is 4.74 Å². The Morgan fingerprint density at radius 2 is 1.90 bits per heavy atom. The molecule has 0 radical (unpaired) electrons. The monoisotopic (exact) mass is 438 g/mol. The van der Waals surface area contributed by atoms with Gasteiger partial charge in [0.2, 0.25) is 6.29 Å². The van der Waals surface area contributed by atoms with Crippen LogP contribution in [-0.4, -0.2) is 79.7 Å². The second-order valence-corrected chi connectivity index (χ2v) is 8.61. The summed E-state index contributed by atoms with van der Waals surface area (Å²) in [6, 6.07) is 7.10. The van der Waals surface area contributed by atoms with Crippen LogP contribution in [0.3, 0.4) is 0 Å². The summed E-state index contributed by atoms with van der Waals surface area (Å²) in [7, 11) is 0. The van der Waals surface area contributed by atoms with Crippen molar-refractivity contribution < 1.29 is 40.1 Å². The maximum absolute atomic E-state index is 11.6. The molecule has 0 spiro atoms. The van der Waals surface area contributed by atoms with Crippen LogP contribution in [0.15, 0.2) is 36.9 Å². The molecule has 2 aliphatic rings. The molecular weight excluding hydrogens is 404 g/mol. The maximum Gasteiger partial charge on any atom is 0.232 e. The molecule has 3 rings (SSSR count). The third-order valence-corrected chi connectivity index (χ3v) is 6.63. The van der Waals surface area contributed by atoms with Crippen molar-refractivity contribution in [2.45, 2.75) is 74.3 Å². The van der Waals surface area contributed by atoms with Gasteiger partial charge in [-0.3, -0.25) is 0 Å². The SMILES string of the molecule is C=CCc1ccc(OC2OC(C(O)CCCO)C3(O)CCC(CCO)C2(O)C3O)cc1. The van der Waals surface area contributed by atoms with E-state index in [9.17, 15) is 25.5 Å². The smallest absolute Gasteiger partial charge is 0.232 e. The van der Waals surface area contributed by atoms with E-state index in [1.54, 1.807) is 18.2 Å². The number of aliphatic hydroxyl groups is 6. The van der Waals surface area contributed by atoms with Gasteiger partial charge in [-0.15, -0.1) is 6.58 Å². The van der Waals surface area contributed by atoms with E-state index in [2.05, 4.69) is 6.58 Å². The summed E-state index contributed by atoms with van der Waals surface area (Å²) in [5.41, 5.74) is -2.85. The van der Waals surface area contributed by atoms with E-state index in [0.717, 1.165) is 5.56 Å². The molecule has 6 N–H and O–H groups in total. The Hall–Kier alpha value is -1.52. The van der Waals surface area contributed by atoms with Crippen LogP contribution in [0.1, 0.15) is 37.7 Å². The lowest BCUT2D eigenvalue weighted by Gasteiger charge is -2.60. The van der Waals surface area contributed by atoms with Crippen LogP contribution in [0.25, 0.3) is 0 Å². The standard InChI is InChI=1S/C23H34O8/c1-2-4-15-6-8-17(9-7-15)30-21-23(29)16(11-14-25)10-12-22(28,20(23)27)19(31-21)18(26)5-3-13-24/h2,6-9,16,18-21,24-29H,1,3-5,10-14H2. The van der Waals surface area contributed by atoms with Gasteiger partial charge in [0, 0.05) is 13.2 Å². The summed E-state index contributed by atoms with van der Waals surface area (Å²) in [6.45, 7) is 3.37. The van der Waals surface area contributed by atoms with Crippen LogP contribution in [0.2, 0.25) is 0 Å². The highest BCUT2D eigenvalue weighted by Crippen LogP contribution is 2.51. The molecule has 1 heterocycles. The largest absolute Gasteiger partial charge is 0.462 e. The van der Waals surface area contributed by atoms with Crippen molar-refractivity contribution in [3.8, 4) is 5.75 Å². The summed E-state index contributed by atoms with van der Waals surface area (Å²) < 4.78 is 11.9. The third kappa shape index (κ3) is 4.52. The number of aliphatic hydroxyl groups excluding tert-OH is 4. The first kappa shape index (κ1) is 24.1. The normalized spacial score (nSPS) is 36.1. The molecular formula is C23H34O8. The lowest BCUT2D eigenvalue weighted by Crippen LogP contribution is -2.79. The second kappa shape index (κ2) is 9.95. The van der Waals surface area contributed by atoms with E-state index in [1.807, 2.05) is 12.1 Å². The zero-order chi connectivity index (χ0) is 22.6. The molecule has 8 nitrogen and oxygen atoms in total. The molecule has 1 saturated heterocycles. The highest BCUT2D eigenvalue weighted by Gasteiger charge is 2.69. The number of ether oxygens (including phenoxy) is 2. The number of benzene rings is 1. The van der Waals surface area contributed by atoms with Crippen molar-refractivity contribution in [2.75, 3.05) is 13.2 Å². The Labute approximate surface area is 182 Å². The van der Waals surface area contributed by atoms with Crippen molar-refractivity contribution in [2.24, 2.45) is 5.92 Å². The Kier molecular flexibility index (Phi) is 7.75. The molecule has 1 aromatic carbocycles. The number of rotatable bonds is 10. The number of hydrogen-bond donors (Lipinski definition) is 6. The number of hydrogen-bond acceptors (Lipinski definition) is 8. The number of fused-ring (bicyclic) bond motifs is 2. The van der Waals surface area contributed by atoms with Crippen molar-refractivity contribution in [1.82, 2.24) is 0 Å². The molecule has 8 heteroatoms. The van der Waals surface area contributed by atoms with Crippen LogP contribution in [0.4, 0.5) is 0 Å². The molecule has 0 amide bonds. The zero-order valence-corrected chi connectivity index (χ0v) is 17.6. The first-order valence-electron chi connectivity index (χ1n) is 10.9. The summed E-state index contributed by atoms with van der Waals surface area (Å²) in [5.74, 6) is -0.186. The second-order valence-electron chi connectivity index (χ2n) is 8.61. The predicted octanol–water partition coefficient (Wildman–Crippen LogP) is 0.268. The van der Waals surface area contributed by atoms with Crippen LogP contribution in [-0.2, 0) is 11.2 Å². The lowest BCUT2D eigenvalue weighted by atomic mass is 9.60. The summed E-state index contributed by atoms with van der Waals surface area (Å²) in [5, 5.41) is 63.1. The lowest BCUT2D eigenvalue weighted by molar-refractivity contribution is -0.387. The van der Waals surface area contributed by atoms with Crippen LogP contribution in [0.5, 0.6) is 5.75 Å². The average molecular weight is 439 g/mol. The molecule has 174 valence electrons. The third-order valence-electron chi connectivity index (χ3n) is 6.63. The molecule has 7 atom stereocenters. The van der Waals surface area contributed by atoms with E-state index < -0.39 is 41.7 Å². The van der Waals surface area contributed by atoms with E-state index >= 15 is 0 Å². The van der Waals surface area contributed by atoms with E-state index in [0.29, 0.717) is 25.0 Å². The quantitative estimate of drug-likeness (QED) is 0.286. The highest BCUT2D eigenvalue weighted by molar-refractivity contribution is 5.29. The molecule has 31 heavy (non-hydrogen) atoms. The van der Waals surface area contributed by atoms with Gasteiger partial charge in [-0.1, -0.05) is 18.2 Å². The first-order valence-corrected chi connectivity index (χ1v) is 10.9. The molecule has 1 aromatic rings. The molecule has 1 aliphatic carbocycles. The van der Waals surface area contributed by atoms with Crippen molar-refractivity contribution in [3.63, 3.8) is 0 Å². The molecule has 1 saturated carbocycles. The highest BCUT2D eigenvalue weighted by atomic mass is 16.7. The fourth-order valence-electron chi connectivity index (χ4n) is 4.90. The van der Waals surface area contributed by atoms with Gasteiger partial charge in [0.15, 0.2) is 5.60 Å². The van der Waals surface area contributed by atoms with Gasteiger partial charge in [-0.25, -0.2) is 0 Å². The first-order chi connectivity index (χ1) is 14.8. The van der Waals surface area contributed by atoms with Crippen molar-refractivity contribution >= 4 is 0 Å². The van der Waals surface area contributed by atoms with Crippen LogP contribution in [0, 0.1) is 5.92 Å². The minimum atomic E-state index is -1.98. The number of allylic oxidation sites excluding steroid dienone is 1.